The minimum atomic E-state index is -4.80. The van der Waals surface area contributed by atoms with Crippen LogP contribution in [0.4, 0.5) is 3.89 Å². The molecule has 11 heavy (non-hydrogen) atoms. The first-order valence-corrected chi connectivity index (χ1v) is 3.88. The highest BCUT2D eigenvalue weighted by atomic mass is 32.3. The van der Waals surface area contributed by atoms with Crippen LogP contribution in [0.15, 0.2) is 15.7 Å². The third-order valence-electron chi connectivity index (χ3n) is 0.916. The van der Waals surface area contributed by atoms with Gasteiger partial charge in [0, 0.05) is 0 Å². The molecule has 1 rings (SSSR count). The first-order chi connectivity index (χ1) is 5.04. The highest BCUT2D eigenvalue weighted by Crippen LogP contribution is 2.17. The summed E-state index contributed by atoms with van der Waals surface area (Å²) < 4.78 is 40.8. The molecular formula is C4H4FNO4S. The highest BCUT2D eigenvalue weighted by Gasteiger charge is 2.18. The van der Waals surface area contributed by atoms with E-state index in [4.69, 9.17) is 0 Å². The molecule has 0 amide bonds. The monoisotopic (exact) mass is 181 g/mol. The second-order valence-corrected chi connectivity index (χ2v) is 2.90. The number of hydrogen-bond donors (Lipinski definition) is 0. The number of aromatic nitrogens is 1. The molecule has 5 nitrogen and oxygen atoms in total. The maximum absolute atomic E-state index is 12.1. The predicted molar refractivity (Wildman–Crippen MR) is 31.3 cm³/mol. The Morgan fingerprint density at radius 2 is 2.36 bits per heavy atom. The number of nitrogens with zero attached hydrogens (tertiary/aromatic N) is 1. The topological polar surface area (TPSA) is 69.4 Å². The molecule has 0 fully saturated rings. The summed E-state index contributed by atoms with van der Waals surface area (Å²) in [6, 6.07) is 0.843. The molecule has 1 aromatic heterocycles. The fourth-order valence-corrected chi connectivity index (χ4v) is 0.822. The second-order valence-electron chi connectivity index (χ2n) is 1.63. The molecule has 1 heterocycles. The summed E-state index contributed by atoms with van der Waals surface area (Å²) in [5.74, 6) is -0.0822. The van der Waals surface area contributed by atoms with Crippen molar-refractivity contribution in [3.63, 3.8) is 0 Å². The molecule has 0 bridgehead atoms. The standard InChI is InChI=1S/C4H4FNO4S/c1-9-3-2-4(10-6-3)11(5,7)8/h2H,1H3. The van der Waals surface area contributed by atoms with E-state index in [1.54, 1.807) is 0 Å². The molecule has 0 saturated carbocycles. The summed E-state index contributed by atoms with van der Waals surface area (Å²) in [5, 5.41) is 2.23. The summed E-state index contributed by atoms with van der Waals surface area (Å²) in [4.78, 5) is 0. The molecule has 0 aliphatic carbocycles. The predicted octanol–water partition coefficient (Wildman–Crippen LogP) is 0.341. The van der Waals surface area contributed by atoms with Gasteiger partial charge in [0.1, 0.15) is 0 Å². The number of rotatable bonds is 2. The lowest BCUT2D eigenvalue weighted by atomic mass is 10.7. The fourth-order valence-electron chi connectivity index (χ4n) is 0.455. The van der Waals surface area contributed by atoms with Crippen LogP contribution in [-0.2, 0) is 10.2 Å². The average molecular weight is 181 g/mol. The summed E-state index contributed by atoms with van der Waals surface area (Å²) in [6.07, 6.45) is 0. The maximum atomic E-state index is 12.1. The Hall–Kier alpha value is -1.11. The summed E-state index contributed by atoms with van der Waals surface area (Å²) >= 11 is 0. The summed E-state index contributed by atoms with van der Waals surface area (Å²) in [7, 11) is -3.54. The molecule has 7 heteroatoms. The van der Waals surface area contributed by atoms with E-state index in [0.29, 0.717) is 0 Å². The highest BCUT2D eigenvalue weighted by molar-refractivity contribution is 7.86. The van der Waals surface area contributed by atoms with Crippen LogP contribution >= 0.6 is 0 Å². The quantitative estimate of drug-likeness (QED) is 0.615. The van der Waals surface area contributed by atoms with Crippen LogP contribution in [0.2, 0.25) is 0 Å². The Balaban J connectivity index is 3.09. The van der Waals surface area contributed by atoms with Crippen molar-refractivity contribution in [3.05, 3.63) is 6.07 Å². The molecule has 0 unspecified atom stereocenters. The molecule has 0 atom stereocenters. The number of methoxy groups -OCH3 is 1. The third-order valence-corrected chi connectivity index (χ3v) is 1.59. The van der Waals surface area contributed by atoms with Gasteiger partial charge in [-0.05, 0) is 5.16 Å². The SMILES string of the molecule is COc1cc(S(=O)(=O)F)on1. The third kappa shape index (κ3) is 1.67. The summed E-state index contributed by atoms with van der Waals surface area (Å²) in [5.41, 5.74) is 0. The van der Waals surface area contributed by atoms with Gasteiger partial charge >= 0.3 is 10.2 Å². The van der Waals surface area contributed by atoms with Gasteiger partial charge in [0.15, 0.2) is 0 Å². The molecule has 0 radical (unpaired) electrons. The molecule has 62 valence electrons. The van der Waals surface area contributed by atoms with E-state index in [2.05, 4.69) is 14.4 Å². The zero-order valence-corrected chi connectivity index (χ0v) is 6.26. The van der Waals surface area contributed by atoms with Crippen molar-refractivity contribution in [3.8, 4) is 5.88 Å². The van der Waals surface area contributed by atoms with Crippen molar-refractivity contribution < 1.29 is 21.6 Å². The Morgan fingerprint density at radius 3 is 2.64 bits per heavy atom. The lowest BCUT2D eigenvalue weighted by Gasteiger charge is -1.83. The van der Waals surface area contributed by atoms with E-state index >= 15 is 0 Å². The molecule has 1 aromatic rings. The van der Waals surface area contributed by atoms with Crippen molar-refractivity contribution >= 4 is 10.2 Å². The van der Waals surface area contributed by atoms with E-state index in [1.165, 1.54) is 7.11 Å². The van der Waals surface area contributed by atoms with Crippen LogP contribution in [0.3, 0.4) is 0 Å². The van der Waals surface area contributed by atoms with E-state index in [1.807, 2.05) is 0 Å². The summed E-state index contributed by atoms with van der Waals surface area (Å²) in [6.45, 7) is 0. The van der Waals surface area contributed by atoms with Gasteiger partial charge in [0.25, 0.3) is 11.0 Å². The van der Waals surface area contributed by atoms with E-state index < -0.39 is 15.3 Å². The van der Waals surface area contributed by atoms with E-state index in [-0.39, 0.29) is 5.88 Å². The Kier molecular flexibility index (Phi) is 1.81. The van der Waals surface area contributed by atoms with Crippen molar-refractivity contribution in [1.29, 1.82) is 0 Å². The first kappa shape index (κ1) is 7.99. The largest absolute Gasteiger partial charge is 0.479 e. The van der Waals surface area contributed by atoms with E-state index in [9.17, 15) is 12.3 Å². The second kappa shape index (κ2) is 2.50. The van der Waals surface area contributed by atoms with Gasteiger partial charge in [0.2, 0.25) is 0 Å². The number of hydrogen-bond acceptors (Lipinski definition) is 5. The van der Waals surface area contributed by atoms with Gasteiger partial charge in [0.05, 0.1) is 13.2 Å². The lowest BCUT2D eigenvalue weighted by molar-refractivity contribution is 0.300. The molecule has 0 aliphatic rings. The Morgan fingerprint density at radius 1 is 1.73 bits per heavy atom. The lowest BCUT2D eigenvalue weighted by Crippen LogP contribution is -1.87. The van der Waals surface area contributed by atoms with Crippen LogP contribution in [0.25, 0.3) is 0 Å². The molecule has 0 aromatic carbocycles. The van der Waals surface area contributed by atoms with Crippen molar-refractivity contribution in [2.24, 2.45) is 0 Å². The molecule has 0 N–H and O–H groups in total. The molecule has 0 spiro atoms. The van der Waals surface area contributed by atoms with Gasteiger partial charge in [-0.3, -0.25) is 0 Å². The van der Waals surface area contributed by atoms with Crippen molar-refractivity contribution in [1.82, 2.24) is 5.16 Å². The first-order valence-electron chi connectivity index (χ1n) is 2.49. The Labute approximate surface area is 62.0 Å². The van der Waals surface area contributed by atoms with Crippen molar-refractivity contribution in [2.45, 2.75) is 5.09 Å². The average Bonchev–Trinajstić information content (AvgIpc) is 2.32. The minimum Gasteiger partial charge on any atom is -0.479 e. The van der Waals surface area contributed by atoms with Crippen LogP contribution < -0.4 is 4.74 Å². The molecule has 0 aliphatic heterocycles. The minimum absolute atomic E-state index is 0.0822. The zero-order chi connectivity index (χ0) is 8.48. The molecular weight excluding hydrogens is 177 g/mol. The van der Waals surface area contributed by atoms with Crippen LogP contribution in [0.1, 0.15) is 0 Å². The maximum Gasteiger partial charge on any atom is 0.368 e. The smallest absolute Gasteiger partial charge is 0.368 e. The number of ether oxygens (including phenoxy) is 1. The molecule has 0 saturated heterocycles. The van der Waals surface area contributed by atoms with Gasteiger partial charge in [-0.1, -0.05) is 3.89 Å². The normalized spacial score (nSPS) is 11.5. The Bertz CT molecular complexity index is 343. The van der Waals surface area contributed by atoms with Crippen LogP contribution in [-0.4, -0.2) is 20.7 Å². The van der Waals surface area contributed by atoms with Gasteiger partial charge in [-0.15, -0.1) is 0 Å². The zero-order valence-electron chi connectivity index (χ0n) is 5.44. The fraction of sp³-hybridized carbons (Fsp3) is 0.250. The van der Waals surface area contributed by atoms with Crippen LogP contribution in [0.5, 0.6) is 5.88 Å². The van der Waals surface area contributed by atoms with Gasteiger partial charge in [-0.2, -0.15) is 8.42 Å². The van der Waals surface area contributed by atoms with Crippen molar-refractivity contribution in [2.75, 3.05) is 7.11 Å². The van der Waals surface area contributed by atoms with Gasteiger partial charge < -0.3 is 9.26 Å². The number of halogens is 1. The van der Waals surface area contributed by atoms with E-state index in [0.717, 1.165) is 6.07 Å². The van der Waals surface area contributed by atoms with Gasteiger partial charge in [-0.25, -0.2) is 0 Å². The van der Waals surface area contributed by atoms with Crippen LogP contribution in [0, 0.1) is 0 Å².